The van der Waals surface area contributed by atoms with E-state index in [1.807, 2.05) is 0 Å². The zero-order valence-electron chi connectivity index (χ0n) is 21.1. The Bertz CT molecular complexity index is 843. The van der Waals surface area contributed by atoms with Crippen molar-refractivity contribution in [3.8, 4) is 0 Å². The summed E-state index contributed by atoms with van der Waals surface area (Å²) in [6, 6.07) is 2.11. The van der Waals surface area contributed by atoms with Crippen LogP contribution in [0.2, 0.25) is 0 Å². The lowest BCUT2D eigenvalue weighted by Crippen LogP contribution is -2.54. The molecule has 37 heavy (non-hydrogen) atoms. The molecule has 0 spiro atoms. The number of aliphatic carboxylic acids is 3. The SMILES string of the molecule is O=C(OCCN1CCCCCC1)C(c1ccsc1)C1CCCCC1.O=C([O-])CC(O)(CC(=O)[O-])C(=O)[O-]. The van der Waals surface area contributed by atoms with Gasteiger partial charge in [-0.25, -0.2) is 0 Å². The summed E-state index contributed by atoms with van der Waals surface area (Å²) >= 11 is 1.68. The summed E-state index contributed by atoms with van der Waals surface area (Å²) in [4.78, 5) is 45.3. The van der Waals surface area contributed by atoms with Gasteiger partial charge < -0.3 is 39.5 Å². The van der Waals surface area contributed by atoms with Crippen LogP contribution < -0.4 is 15.3 Å². The summed E-state index contributed by atoms with van der Waals surface area (Å²) in [5.74, 6) is -5.54. The summed E-state index contributed by atoms with van der Waals surface area (Å²) in [5.41, 5.74) is -1.80. The highest BCUT2D eigenvalue weighted by atomic mass is 32.1. The smallest absolute Gasteiger partial charge is 0.313 e. The largest absolute Gasteiger partial charge is 0.550 e. The molecule has 10 nitrogen and oxygen atoms in total. The Morgan fingerprint density at radius 3 is 2.03 bits per heavy atom. The Morgan fingerprint density at radius 2 is 1.54 bits per heavy atom. The highest BCUT2D eigenvalue weighted by molar-refractivity contribution is 7.08. The molecule has 208 valence electrons. The molecule has 1 unspecified atom stereocenters. The lowest BCUT2D eigenvalue weighted by molar-refractivity contribution is -0.339. The van der Waals surface area contributed by atoms with Crippen LogP contribution in [0.15, 0.2) is 16.8 Å². The van der Waals surface area contributed by atoms with Crippen molar-refractivity contribution >= 4 is 35.2 Å². The van der Waals surface area contributed by atoms with Gasteiger partial charge in [0.25, 0.3) is 0 Å². The maximum atomic E-state index is 12.8. The van der Waals surface area contributed by atoms with Gasteiger partial charge >= 0.3 is 5.97 Å². The summed E-state index contributed by atoms with van der Waals surface area (Å²) in [7, 11) is 0. The standard InChI is InChI=1S/C20H31NO2S.C6H8O7/c22-20(23-14-13-21-11-6-1-2-7-12-21)19(18-10-15-24-16-18)17-8-4-3-5-9-17;7-3(8)1-6(13,5(11)12)2-4(9)10/h10,15-17,19H,1-9,11-14H2;13H,1-2H2,(H,7,8)(H,9,10)(H,11,12)/p-3. The van der Waals surface area contributed by atoms with Gasteiger partial charge in [-0.2, -0.15) is 11.3 Å². The minimum atomic E-state index is -2.97. The molecule has 11 heteroatoms. The number of carbonyl (C=O) groups excluding carboxylic acids is 4. The van der Waals surface area contributed by atoms with Crippen LogP contribution in [0.25, 0.3) is 0 Å². The predicted molar refractivity (Wildman–Crippen MR) is 129 cm³/mol. The van der Waals surface area contributed by atoms with Crippen LogP contribution in [0.3, 0.4) is 0 Å². The van der Waals surface area contributed by atoms with Crippen molar-refractivity contribution in [2.75, 3.05) is 26.2 Å². The first-order valence-corrected chi connectivity index (χ1v) is 13.8. The van der Waals surface area contributed by atoms with E-state index < -0.39 is 36.4 Å². The van der Waals surface area contributed by atoms with Crippen molar-refractivity contribution in [2.45, 2.75) is 82.1 Å². The van der Waals surface area contributed by atoms with E-state index in [1.165, 1.54) is 63.4 Å². The topological polar surface area (TPSA) is 170 Å². The van der Waals surface area contributed by atoms with E-state index >= 15 is 0 Å². The number of rotatable bonds is 11. The number of hydrogen-bond acceptors (Lipinski definition) is 11. The second kappa shape index (κ2) is 15.7. The molecule has 1 aliphatic heterocycles. The fraction of sp³-hybridized carbons (Fsp3) is 0.692. The molecule has 1 saturated heterocycles. The predicted octanol–water partition coefficient (Wildman–Crippen LogP) is -0.421. The van der Waals surface area contributed by atoms with Crippen molar-refractivity contribution in [2.24, 2.45) is 5.92 Å². The molecule has 1 saturated carbocycles. The second-order valence-corrected chi connectivity index (χ2v) is 10.6. The average molecular weight is 539 g/mol. The van der Waals surface area contributed by atoms with Gasteiger partial charge in [0.1, 0.15) is 12.2 Å². The molecule has 1 aromatic rings. The second-order valence-electron chi connectivity index (χ2n) is 9.77. The van der Waals surface area contributed by atoms with Gasteiger partial charge in [-0.1, -0.05) is 32.1 Å². The van der Waals surface area contributed by atoms with Gasteiger partial charge in [0.05, 0.1) is 11.9 Å². The number of likely N-dealkylation sites (tertiary alicyclic amines) is 1. The van der Waals surface area contributed by atoms with Crippen molar-refractivity contribution in [3.63, 3.8) is 0 Å². The van der Waals surface area contributed by atoms with Gasteiger partial charge in [-0.05, 0) is 67.1 Å². The number of carbonyl (C=O) groups is 4. The van der Waals surface area contributed by atoms with Gasteiger partial charge in [0, 0.05) is 31.3 Å². The number of carboxylic acid groups (broad SMARTS) is 3. The highest BCUT2D eigenvalue weighted by Crippen LogP contribution is 2.37. The average Bonchev–Trinajstić information content (AvgIpc) is 3.22. The first-order valence-electron chi connectivity index (χ1n) is 12.9. The summed E-state index contributed by atoms with van der Waals surface area (Å²) in [6.07, 6.45) is 8.71. The number of thiophene rings is 1. The zero-order chi connectivity index (χ0) is 27.3. The lowest BCUT2D eigenvalue weighted by Gasteiger charge is -2.29. The maximum Gasteiger partial charge on any atom is 0.313 e. The van der Waals surface area contributed by atoms with Crippen LogP contribution in [0.5, 0.6) is 0 Å². The molecule has 2 heterocycles. The molecule has 1 aliphatic carbocycles. The summed E-state index contributed by atoms with van der Waals surface area (Å²) < 4.78 is 5.75. The fourth-order valence-electron chi connectivity index (χ4n) is 4.93. The molecule has 1 atom stereocenters. The van der Waals surface area contributed by atoms with Crippen LogP contribution >= 0.6 is 11.3 Å². The third-order valence-electron chi connectivity index (χ3n) is 6.88. The van der Waals surface area contributed by atoms with E-state index in [0.29, 0.717) is 12.5 Å². The van der Waals surface area contributed by atoms with Crippen molar-refractivity contribution in [3.05, 3.63) is 22.4 Å². The Balaban J connectivity index is 0.000000317. The summed E-state index contributed by atoms with van der Waals surface area (Å²) in [5, 5.41) is 43.1. The number of nitrogens with zero attached hydrogens (tertiary/aromatic N) is 1. The van der Waals surface area contributed by atoms with Crippen LogP contribution in [0.4, 0.5) is 0 Å². The first kappa shape index (κ1) is 30.7. The monoisotopic (exact) mass is 538 g/mol. The van der Waals surface area contributed by atoms with Gasteiger partial charge in [-0.3, -0.25) is 9.69 Å². The quantitative estimate of drug-likeness (QED) is 0.365. The Kier molecular flexibility index (Phi) is 13.0. The third-order valence-corrected chi connectivity index (χ3v) is 7.58. The first-order chi connectivity index (χ1) is 17.6. The van der Waals surface area contributed by atoms with Crippen LogP contribution in [0, 0.1) is 5.92 Å². The zero-order valence-corrected chi connectivity index (χ0v) is 21.9. The Hall–Kier alpha value is -2.50. The van der Waals surface area contributed by atoms with Crippen molar-refractivity contribution in [1.82, 2.24) is 4.90 Å². The highest BCUT2D eigenvalue weighted by Gasteiger charge is 2.32. The minimum absolute atomic E-state index is 0.00937. The fourth-order valence-corrected chi connectivity index (χ4v) is 5.63. The Morgan fingerprint density at radius 1 is 0.973 bits per heavy atom. The van der Waals surface area contributed by atoms with Crippen molar-refractivity contribution < 1.29 is 44.3 Å². The molecule has 0 aromatic carbocycles. The van der Waals surface area contributed by atoms with E-state index in [0.717, 1.165) is 19.6 Å². The summed E-state index contributed by atoms with van der Waals surface area (Å²) in [6.45, 7) is 3.77. The molecule has 1 N–H and O–H groups in total. The molecule has 0 amide bonds. The van der Waals surface area contributed by atoms with E-state index in [4.69, 9.17) is 9.84 Å². The van der Waals surface area contributed by atoms with Gasteiger partial charge in [-0.15, -0.1) is 0 Å². The molecule has 2 aliphatic rings. The lowest BCUT2D eigenvalue weighted by atomic mass is 9.77. The van der Waals surface area contributed by atoms with Crippen LogP contribution in [0.1, 0.15) is 82.1 Å². The number of ether oxygens (including phenoxy) is 1. The minimum Gasteiger partial charge on any atom is -0.550 e. The molecular formula is C26H36NO9S-3. The molecular weight excluding hydrogens is 502 g/mol. The molecule has 0 radical (unpaired) electrons. The van der Waals surface area contributed by atoms with E-state index in [9.17, 15) is 34.5 Å². The van der Waals surface area contributed by atoms with Crippen LogP contribution in [-0.2, 0) is 23.9 Å². The third kappa shape index (κ3) is 10.8. The number of esters is 1. The normalized spacial score (nSPS) is 18.1. The van der Waals surface area contributed by atoms with Crippen LogP contribution in [-0.4, -0.2) is 65.7 Å². The molecule has 0 bridgehead atoms. The molecule has 2 fully saturated rings. The van der Waals surface area contributed by atoms with Gasteiger partial charge in [0.15, 0.2) is 0 Å². The number of aliphatic hydroxyl groups is 1. The Labute approximate surface area is 221 Å². The van der Waals surface area contributed by atoms with Crippen molar-refractivity contribution in [1.29, 1.82) is 0 Å². The van der Waals surface area contributed by atoms with E-state index in [2.05, 4.69) is 21.7 Å². The van der Waals surface area contributed by atoms with E-state index in [-0.39, 0.29) is 11.9 Å². The van der Waals surface area contributed by atoms with Gasteiger partial charge in [0.2, 0.25) is 0 Å². The van der Waals surface area contributed by atoms with E-state index in [1.54, 1.807) is 11.3 Å². The molecule has 1 aromatic heterocycles. The number of carboxylic acids is 3. The maximum absolute atomic E-state index is 12.8. The number of hydrogen-bond donors (Lipinski definition) is 1. The molecule has 3 rings (SSSR count).